The highest BCUT2D eigenvalue weighted by molar-refractivity contribution is 14.1. The summed E-state index contributed by atoms with van der Waals surface area (Å²) in [6.07, 6.45) is 1.64. The first kappa shape index (κ1) is 12.1. The minimum atomic E-state index is 0.196. The number of aromatic nitrogens is 2. The number of halogens is 2. The predicted octanol–water partition coefficient (Wildman–Crippen LogP) is 3.35. The van der Waals surface area contributed by atoms with Gasteiger partial charge in [-0.2, -0.15) is 10.2 Å². The first-order valence-corrected chi connectivity index (χ1v) is 6.10. The van der Waals surface area contributed by atoms with Crippen LogP contribution in [-0.4, -0.2) is 9.97 Å². The normalized spacial score (nSPS) is 9.71. The van der Waals surface area contributed by atoms with E-state index in [0.29, 0.717) is 11.4 Å². The summed E-state index contributed by atoms with van der Waals surface area (Å²) in [5.74, 6) is 0.648. The molecule has 17 heavy (non-hydrogen) atoms. The Labute approximate surface area is 117 Å². The maximum atomic E-state index is 8.69. The highest BCUT2D eigenvalue weighted by Gasteiger charge is 2.04. The number of benzene rings is 1. The highest BCUT2D eigenvalue weighted by Crippen LogP contribution is 2.21. The van der Waals surface area contributed by atoms with E-state index in [1.165, 1.54) is 0 Å². The Kier molecular flexibility index (Phi) is 3.76. The molecule has 0 aliphatic heterocycles. The Morgan fingerprint density at radius 1 is 1.29 bits per heavy atom. The number of hydrogen-bond acceptors (Lipinski definition) is 4. The Morgan fingerprint density at radius 2 is 2.00 bits per heavy atom. The van der Waals surface area contributed by atoms with E-state index in [-0.39, 0.29) is 5.28 Å². The van der Waals surface area contributed by atoms with Gasteiger partial charge in [0.2, 0.25) is 5.28 Å². The predicted molar refractivity (Wildman–Crippen MR) is 74.2 cm³/mol. The first-order valence-electron chi connectivity index (χ1n) is 4.64. The second kappa shape index (κ2) is 5.29. The molecule has 1 N–H and O–H groups in total. The lowest BCUT2D eigenvalue weighted by molar-refractivity contribution is 1.15. The van der Waals surface area contributed by atoms with Gasteiger partial charge in [0.15, 0.2) is 0 Å². The second-order valence-corrected chi connectivity index (χ2v) is 4.65. The molecule has 1 aromatic heterocycles. The molecule has 0 bridgehead atoms. The van der Waals surface area contributed by atoms with Crippen LogP contribution in [0.25, 0.3) is 0 Å². The van der Waals surface area contributed by atoms with Crippen LogP contribution >= 0.6 is 34.2 Å². The quantitative estimate of drug-likeness (QED) is 0.662. The molecule has 0 amide bonds. The summed E-state index contributed by atoms with van der Waals surface area (Å²) in [4.78, 5) is 7.95. The third kappa shape index (κ3) is 3.05. The second-order valence-electron chi connectivity index (χ2n) is 3.15. The van der Waals surface area contributed by atoms with Crippen molar-refractivity contribution >= 4 is 45.7 Å². The molecule has 0 saturated heterocycles. The van der Waals surface area contributed by atoms with Crippen molar-refractivity contribution in [3.63, 3.8) is 0 Å². The lowest BCUT2D eigenvalue weighted by atomic mass is 10.2. The summed E-state index contributed by atoms with van der Waals surface area (Å²) in [7, 11) is 0. The van der Waals surface area contributed by atoms with Crippen LogP contribution in [0.5, 0.6) is 0 Å². The molecule has 0 aliphatic rings. The summed E-state index contributed by atoms with van der Waals surface area (Å²) in [5.41, 5.74) is 1.46. The smallest absolute Gasteiger partial charge is 0.224 e. The van der Waals surface area contributed by atoms with E-state index in [4.69, 9.17) is 16.9 Å². The van der Waals surface area contributed by atoms with Gasteiger partial charge in [-0.3, -0.25) is 0 Å². The number of nitriles is 1. The van der Waals surface area contributed by atoms with E-state index in [1.54, 1.807) is 18.3 Å². The van der Waals surface area contributed by atoms with Crippen LogP contribution in [-0.2, 0) is 0 Å². The molecule has 0 saturated carbocycles. The lowest BCUT2D eigenvalue weighted by Gasteiger charge is -2.07. The van der Waals surface area contributed by atoms with Crippen LogP contribution in [0.4, 0.5) is 11.5 Å². The van der Waals surface area contributed by atoms with Gasteiger partial charge < -0.3 is 5.32 Å². The van der Waals surface area contributed by atoms with E-state index in [1.807, 2.05) is 12.1 Å². The van der Waals surface area contributed by atoms with Gasteiger partial charge in [0.1, 0.15) is 5.82 Å². The Morgan fingerprint density at radius 3 is 2.65 bits per heavy atom. The minimum Gasteiger partial charge on any atom is -0.339 e. The van der Waals surface area contributed by atoms with Gasteiger partial charge in [0.05, 0.1) is 15.2 Å². The van der Waals surface area contributed by atoms with E-state index in [2.05, 4.69) is 43.9 Å². The number of anilines is 2. The molecule has 1 heterocycles. The zero-order valence-corrected chi connectivity index (χ0v) is 11.4. The van der Waals surface area contributed by atoms with Crippen LogP contribution in [0.1, 0.15) is 5.56 Å². The maximum Gasteiger partial charge on any atom is 0.224 e. The Hall–Kier alpha value is -1.39. The third-order valence-electron chi connectivity index (χ3n) is 1.99. The van der Waals surface area contributed by atoms with Gasteiger partial charge in [0.25, 0.3) is 0 Å². The van der Waals surface area contributed by atoms with Crippen molar-refractivity contribution < 1.29 is 0 Å². The van der Waals surface area contributed by atoms with E-state index in [0.717, 1.165) is 9.26 Å². The molecule has 84 valence electrons. The molecule has 2 aromatic rings. The van der Waals surface area contributed by atoms with E-state index in [9.17, 15) is 0 Å². The molecule has 0 atom stereocenters. The maximum absolute atomic E-state index is 8.69. The van der Waals surface area contributed by atoms with E-state index < -0.39 is 0 Å². The van der Waals surface area contributed by atoms with E-state index >= 15 is 0 Å². The van der Waals surface area contributed by atoms with Crippen LogP contribution in [0.2, 0.25) is 5.28 Å². The fraction of sp³-hybridized carbons (Fsp3) is 0. The summed E-state index contributed by atoms with van der Waals surface area (Å²) >= 11 is 7.84. The van der Waals surface area contributed by atoms with Crippen molar-refractivity contribution in [1.29, 1.82) is 5.26 Å². The number of hydrogen-bond donors (Lipinski definition) is 1. The zero-order valence-electron chi connectivity index (χ0n) is 8.48. The van der Waals surface area contributed by atoms with Gasteiger partial charge in [-0.15, -0.1) is 0 Å². The largest absolute Gasteiger partial charge is 0.339 e. The molecule has 1 aromatic carbocycles. The van der Waals surface area contributed by atoms with Gasteiger partial charge >= 0.3 is 0 Å². The molecule has 6 heteroatoms. The molecule has 0 spiro atoms. The monoisotopic (exact) mass is 356 g/mol. The standard InChI is InChI=1S/C11H6ClIN4/c12-11-15-6-9(13)10(17-11)16-8-3-1-7(5-14)2-4-8/h1-4,6H,(H,15,16,17). The van der Waals surface area contributed by atoms with Crippen molar-refractivity contribution in [2.45, 2.75) is 0 Å². The molecule has 4 nitrogen and oxygen atoms in total. The SMILES string of the molecule is N#Cc1ccc(Nc2nc(Cl)ncc2I)cc1. The van der Waals surface area contributed by atoms with Gasteiger partial charge in [-0.05, 0) is 58.5 Å². The Balaban J connectivity index is 2.25. The number of nitrogens with one attached hydrogen (secondary N) is 1. The first-order chi connectivity index (χ1) is 8.19. The average Bonchev–Trinajstić information content (AvgIpc) is 2.35. The van der Waals surface area contributed by atoms with Crippen LogP contribution in [0.3, 0.4) is 0 Å². The molecular weight excluding hydrogens is 351 g/mol. The Bertz CT molecular complexity index is 577. The van der Waals surface area contributed by atoms with Crippen molar-refractivity contribution in [2.75, 3.05) is 5.32 Å². The lowest BCUT2D eigenvalue weighted by Crippen LogP contribution is -1.98. The molecule has 0 radical (unpaired) electrons. The molecule has 0 unspecified atom stereocenters. The fourth-order valence-electron chi connectivity index (χ4n) is 1.20. The summed E-state index contributed by atoms with van der Waals surface area (Å²) < 4.78 is 0.872. The average molecular weight is 357 g/mol. The molecule has 0 fully saturated rings. The molecule has 0 aliphatic carbocycles. The number of rotatable bonds is 2. The van der Waals surface area contributed by atoms with Gasteiger partial charge in [-0.25, -0.2) is 4.98 Å². The summed E-state index contributed by atoms with van der Waals surface area (Å²) in [5, 5.41) is 12.0. The minimum absolute atomic E-state index is 0.196. The highest BCUT2D eigenvalue weighted by atomic mass is 127. The van der Waals surface area contributed by atoms with Gasteiger partial charge in [-0.1, -0.05) is 0 Å². The van der Waals surface area contributed by atoms with Crippen LogP contribution in [0, 0.1) is 14.9 Å². The fourth-order valence-corrected chi connectivity index (χ4v) is 1.73. The van der Waals surface area contributed by atoms with Gasteiger partial charge in [0, 0.05) is 11.9 Å². The summed E-state index contributed by atoms with van der Waals surface area (Å²) in [6, 6.07) is 9.15. The van der Waals surface area contributed by atoms with Crippen molar-refractivity contribution in [3.05, 3.63) is 44.9 Å². The van der Waals surface area contributed by atoms with Crippen LogP contribution in [0.15, 0.2) is 30.5 Å². The summed E-state index contributed by atoms with van der Waals surface area (Å²) in [6.45, 7) is 0. The van der Waals surface area contributed by atoms with Crippen LogP contribution < -0.4 is 5.32 Å². The zero-order chi connectivity index (χ0) is 12.3. The number of nitrogens with zero attached hydrogens (tertiary/aromatic N) is 3. The topological polar surface area (TPSA) is 61.6 Å². The van der Waals surface area contributed by atoms with Crippen molar-refractivity contribution in [1.82, 2.24) is 9.97 Å². The van der Waals surface area contributed by atoms with Crippen molar-refractivity contribution in [3.8, 4) is 6.07 Å². The molecule has 2 rings (SSSR count). The third-order valence-corrected chi connectivity index (χ3v) is 2.96. The van der Waals surface area contributed by atoms with Crippen molar-refractivity contribution in [2.24, 2.45) is 0 Å². The molecular formula is C11H6ClIN4.